The summed E-state index contributed by atoms with van der Waals surface area (Å²) in [7, 11) is 0. The molecular weight excluding hydrogens is 393 g/mol. The molecule has 3 rings (SSSR count). The van der Waals surface area contributed by atoms with E-state index in [2.05, 4.69) is 14.3 Å². The molecule has 144 valence electrons. The van der Waals surface area contributed by atoms with Gasteiger partial charge in [0.25, 0.3) is 0 Å². The van der Waals surface area contributed by atoms with Crippen LogP contribution in [-0.2, 0) is 10.3 Å². The average molecular weight is 418 g/mol. The summed E-state index contributed by atoms with van der Waals surface area (Å²) in [5, 5.41) is 0.931. The van der Waals surface area contributed by atoms with E-state index < -0.39 is 5.54 Å². The first-order chi connectivity index (χ1) is 11.5. The normalized spacial score (nSPS) is 16.7. The molecule has 0 bridgehead atoms. The zero-order valence-corrected chi connectivity index (χ0v) is 17.4. The van der Waals surface area contributed by atoms with E-state index in [0.29, 0.717) is 13.1 Å². The lowest BCUT2D eigenvalue weighted by Gasteiger charge is -2.31. The van der Waals surface area contributed by atoms with Crippen LogP contribution < -0.4 is 10.6 Å². The number of aryl methyl sites for hydroxylation is 1. The predicted octanol–water partition coefficient (Wildman–Crippen LogP) is 2.60. The number of hydrogen-bond donors (Lipinski definition) is 1. The first-order valence-electron chi connectivity index (χ1n) is 8.17. The molecule has 0 radical (unpaired) electrons. The van der Waals surface area contributed by atoms with E-state index in [9.17, 15) is 4.79 Å². The lowest BCUT2D eigenvalue weighted by atomic mass is 9.91. The molecule has 1 unspecified atom stereocenters. The Kier molecular flexibility index (Phi) is 8.27. The van der Waals surface area contributed by atoms with Gasteiger partial charge in [-0.3, -0.25) is 4.79 Å². The van der Waals surface area contributed by atoms with E-state index in [1.165, 1.54) is 11.5 Å². The fourth-order valence-electron chi connectivity index (χ4n) is 2.96. The monoisotopic (exact) mass is 417 g/mol. The van der Waals surface area contributed by atoms with E-state index in [4.69, 9.17) is 5.73 Å². The van der Waals surface area contributed by atoms with Crippen molar-refractivity contribution in [3.63, 3.8) is 0 Å². The quantitative estimate of drug-likeness (QED) is 0.830. The van der Waals surface area contributed by atoms with Crippen molar-refractivity contribution in [3.8, 4) is 0 Å². The van der Waals surface area contributed by atoms with E-state index in [-0.39, 0.29) is 30.7 Å². The Balaban J connectivity index is 0.00000169. The summed E-state index contributed by atoms with van der Waals surface area (Å²) in [4.78, 5) is 21.5. The zero-order valence-electron chi connectivity index (χ0n) is 14.9. The van der Waals surface area contributed by atoms with Gasteiger partial charge >= 0.3 is 0 Å². The topological polar surface area (TPSA) is 75.4 Å². The van der Waals surface area contributed by atoms with Crippen LogP contribution in [0.3, 0.4) is 0 Å². The van der Waals surface area contributed by atoms with Crippen molar-refractivity contribution in [2.24, 2.45) is 5.73 Å². The number of carbonyl (C=O) groups excluding carboxylic acids is 1. The first kappa shape index (κ1) is 22.6. The van der Waals surface area contributed by atoms with Gasteiger partial charge in [-0.25, -0.2) is 4.98 Å². The van der Waals surface area contributed by atoms with Crippen LogP contribution in [0.2, 0.25) is 0 Å². The maximum Gasteiger partial charge on any atom is 0.247 e. The molecule has 26 heavy (non-hydrogen) atoms. The van der Waals surface area contributed by atoms with Gasteiger partial charge in [0.05, 0.1) is 0 Å². The molecule has 1 aromatic heterocycles. The first-order valence-corrected chi connectivity index (χ1v) is 8.95. The molecule has 2 N–H and O–H groups in total. The highest BCUT2D eigenvalue weighted by Crippen LogP contribution is 2.23. The van der Waals surface area contributed by atoms with Crippen LogP contribution in [0.1, 0.15) is 24.7 Å². The third-order valence-electron chi connectivity index (χ3n) is 4.39. The highest BCUT2D eigenvalue weighted by molar-refractivity contribution is 7.09. The molecule has 0 saturated carbocycles. The molecule has 0 aliphatic carbocycles. The molecule has 0 spiro atoms. The summed E-state index contributed by atoms with van der Waals surface area (Å²) in [6.07, 6.45) is 0.898. The number of nitrogens with zero attached hydrogens (tertiary/aromatic N) is 4. The molecule has 6 nitrogen and oxygen atoms in total. The van der Waals surface area contributed by atoms with Gasteiger partial charge in [0.1, 0.15) is 11.4 Å². The number of anilines is 1. The molecular formula is C17H25Cl2N5OS. The van der Waals surface area contributed by atoms with Crippen molar-refractivity contribution in [2.75, 3.05) is 31.1 Å². The maximum atomic E-state index is 13.0. The minimum atomic E-state index is -1.00. The van der Waals surface area contributed by atoms with Gasteiger partial charge in [-0.1, -0.05) is 30.3 Å². The van der Waals surface area contributed by atoms with Crippen LogP contribution >= 0.6 is 36.3 Å². The number of rotatable bonds is 3. The van der Waals surface area contributed by atoms with Gasteiger partial charge in [-0.15, -0.1) is 24.8 Å². The van der Waals surface area contributed by atoms with Crippen LogP contribution in [0.25, 0.3) is 0 Å². The van der Waals surface area contributed by atoms with Gasteiger partial charge in [0.15, 0.2) is 0 Å². The Morgan fingerprint density at radius 3 is 2.46 bits per heavy atom. The third kappa shape index (κ3) is 4.85. The fourth-order valence-corrected chi connectivity index (χ4v) is 3.69. The number of hydrogen-bond acceptors (Lipinski definition) is 6. The van der Waals surface area contributed by atoms with Crippen molar-refractivity contribution in [1.82, 2.24) is 14.3 Å². The predicted molar refractivity (Wildman–Crippen MR) is 111 cm³/mol. The number of benzene rings is 1. The number of carbonyl (C=O) groups is 1. The molecule has 2 aromatic rings. The van der Waals surface area contributed by atoms with E-state index in [1.54, 1.807) is 6.92 Å². The molecule has 1 atom stereocenters. The zero-order chi connectivity index (χ0) is 17.2. The van der Waals surface area contributed by atoms with Crippen molar-refractivity contribution >= 4 is 47.4 Å². The number of aromatic nitrogens is 2. The molecule has 1 amide bonds. The van der Waals surface area contributed by atoms with Gasteiger partial charge in [0, 0.05) is 37.7 Å². The molecule has 1 aliphatic heterocycles. The third-order valence-corrected chi connectivity index (χ3v) is 5.26. The summed E-state index contributed by atoms with van der Waals surface area (Å²) >= 11 is 1.41. The molecule has 1 saturated heterocycles. The van der Waals surface area contributed by atoms with E-state index in [1.807, 2.05) is 42.2 Å². The van der Waals surface area contributed by atoms with Crippen molar-refractivity contribution < 1.29 is 4.79 Å². The summed E-state index contributed by atoms with van der Waals surface area (Å²) in [5.41, 5.74) is 6.23. The summed E-state index contributed by atoms with van der Waals surface area (Å²) in [6, 6.07) is 9.57. The number of halogens is 2. The second-order valence-electron chi connectivity index (χ2n) is 6.33. The second-order valence-corrected chi connectivity index (χ2v) is 7.06. The lowest BCUT2D eigenvalue weighted by Crippen LogP contribution is -2.51. The minimum absolute atomic E-state index is 0. The van der Waals surface area contributed by atoms with E-state index in [0.717, 1.165) is 36.0 Å². The summed E-state index contributed by atoms with van der Waals surface area (Å²) in [6.45, 7) is 6.69. The largest absolute Gasteiger partial charge is 0.345 e. The van der Waals surface area contributed by atoms with Crippen LogP contribution in [0.15, 0.2) is 30.3 Å². The standard InChI is InChI=1S/C17H23N5OS.2ClH/c1-13-19-16(24-20-13)22-10-6-9-21(11-12-22)15(23)17(2,18)14-7-4-3-5-8-14;;/h3-5,7-8H,6,9-12,18H2,1-2H3;2*1H. The highest BCUT2D eigenvalue weighted by atomic mass is 35.5. The van der Waals surface area contributed by atoms with Crippen molar-refractivity contribution in [3.05, 3.63) is 41.7 Å². The van der Waals surface area contributed by atoms with E-state index >= 15 is 0 Å². The van der Waals surface area contributed by atoms with Gasteiger partial charge < -0.3 is 15.5 Å². The minimum Gasteiger partial charge on any atom is -0.345 e. The van der Waals surface area contributed by atoms with Crippen molar-refractivity contribution in [2.45, 2.75) is 25.8 Å². The SMILES string of the molecule is Cc1nsc(N2CCCN(C(=O)C(C)(N)c3ccccc3)CC2)n1.Cl.Cl. The molecule has 2 heterocycles. The van der Waals surface area contributed by atoms with Gasteiger partial charge in [-0.05, 0) is 25.8 Å². The van der Waals surface area contributed by atoms with Crippen LogP contribution in [0.5, 0.6) is 0 Å². The Hall–Kier alpha value is -1.41. The molecule has 1 aliphatic rings. The molecule has 1 fully saturated rings. The van der Waals surface area contributed by atoms with Crippen LogP contribution in [-0.4, -0.2) is 46.3 Å². The Morgan fingerprint density at radius 2 is 1.85 bits per heavy atom. The Labute approximate surface area is 170 Å². The maximum absolute atomic E-state index is 13.0. The number of amides is 1. The van der Waals surface area contributed by atoms with Crippen LogP contribution in [0.4, 0.5) is 5.13 Å². The summed E-state index contributed by atoms with van der Waals surface area (Å²) < 4.78 is 4.24. The highest BCUT2D eigenvalue weighted by Gasteiger charge is 2.35. The van der Waals surface area contributed by atoms with Gasteiger partial charge in [0.2, 0.25) is 11.0 Å². The summed E-state index contributed by atoms with van der Waals surface area (Å²) in [5.74, 6) is 0.773. The fraction of sp³-hybridized carbons (Fsp3) is 0.471. The van der Waals surface area contributed by atoms with Crippen molar-refractivity contribution in [1.29, 1.82) is 0 Å². The lowest BCUT2D eigenvalue weighted by molar-refractivity contribution is -0.136. The average Bonchev–Trinajstić information content (AvgIpc) is 2.88. The Bertz CT molecular complexity index is 710. The Morgan fingerprint density at radius 1 is 1.15 bits per heavy atom. The second kappa shape index (κ2) is 9.50. The number of nitrogens with two attached hydrogens (primary N) is 1. The van der Waals surface area contributed by atoms with Crippen LogP contribution in [0, 0.1) is 6.92 Å². The smallest absolute Gasteiger partial charge is 0.247 e. The molecule has 9 heteroatoms. The molecule has 1 aromatic carbocycles. The van der Waals surface area contributed by atoms with Gasteiger partial charge in [-0.2, -0.15) is 4.37 Å².